The Balaban J connectivity index is 1.44. The van der Waals surface area contributed by atoms with Crippen molar-refractivity contribution in [1.29, 1.82) is 0 Å². The van der Waals surface area contributed by atoms with Gasteiger partial charge in [-0.05, 0) is 29.1 Å². The highest BCUT2D eigenvalue weighted by Crippen LogP contribution is 2.27. The molecule has 1 N–H and O–H groups in total. The number of carbonyl (C=O) groups excluding carboxylic acids is 1. The van der Waals surface area contributed by atoms with Crippen LogP contribution in [0.15, 0.2) is 53.1 Å². The van der Waals surface area contributed by atoms with Crippen molar-refractivity contribution < 1.29 is 13.2 Å². The molecule has 1 aliphatic rings. The number of thioether (sulfide) groups is 1. The molecule has 3 aromatic rings. The summed E-state index contributed by atoms with van der Waals surface area (Å²) in [5.74, 6) is 1.82. The lowest BCUT2D eigenvalue weighted by Crippen LogP contribution is -2.38. The maximum atomic E-state index is 12.9. The zero-order valence-corrected chi connectivity index (χ0v) is 17.8. The third-order valence-electron chi connectivity index (χ3n) is 4.42. The van der Waals surface area contributed by atoms with Crippen LogP contribution in [-0.4, -0.2) is 58.0 Å². The van der Waals surface area contributed by atoms with Gasteiger partial charge in [-0.25, -0.2) is 18.1 Å². The van der Waals surface area contributed by atoms with Crippen LogP contribution in [0.4, 0.5) is 0 Å². The number of hydrogen-bond acceptors (Lipinski definition) is 7. The van der Waals surface area contributed by atoms with Crippen molar-refractivity contribution >= 4 is 39.0 Å². The molecule has 1 saturated heterocycles. The molecule has 0 bridgehead atoms. The number of nitrogens with zero attached hydrogens (tertiary/aromatic N) is 4. The van der Waals surface area contributed by atoms with E-state index >= 15 is 0 Å². The molecule has 0 atom stereocenters. The summed E-state index contributed by atoms with van der Waals surface area (Å²) in [6.45, 7) is 1.19. The van der Waals surface area contributed by atoms with E-state index in [9.17, 15) is 13.2 Å². The quantitative estimate of drug-likeness (QED) is 0.618. The molecule has 3 aromatic heterocycles. The van der Waals surface area contributed by atoms with Crippen molar-refractivity contribution in [2.45, 2.75) is 11.4 Å². The molecule has 0 unspecified atom stereocenters. The van der Waals surface area contributed by atoms with Crippen molar-refractivity contribution in [3.63, 3.8) is 0 Å². The lowest BCUT2D eigenvalue weighted by atomic mass is 10.3. The van der Waals surface area contributed by atoms with Gasteiger partial charge in [0.15, 0.2) is 5.82 Å². The van der Waals surface area contributed by atoms with Gasteiger partial charge in [0.05, 0.1) is 0 Å². The molecule has 1 aliphatic heterocycles. The SMILES string of the molecule is O=C(NCc1ccc(-n2cccn2)nc1)c1sccc1S(=O)(=O)N1CCSCC1. The Labute approximate surface area is 177 Å². The zero-order valence-electron chi connectivity index (χ0n) is 15.4. The summed E-state index contributed by atoms with van der Waals surface area (Å²) >= 11 is 2.87. The molecule has 0 saturated carbocycles. The highest BCUT2D eigenvalue weighted by molar-refractivity contribution is 7.99. The van der Waals surface area contributed by atoms with Crippen LogP contribution in [0.5, 0.6) is 0 Å². The Morgan fingerprint density at radius 3 is 2.72 bits per heavy atom. The number of aromatic nitrogens is 3. The molecule has 29 heavy (non-hydrogen) atoms. The second-order valence-electron chi connectivity index (χ2n) is 6.29. The first-order valence-corrected chi connectivity index (χ1v) is 12.4. The average molecular weight is 450 g/mol. The normalized spacial score (nSPS) is 15.3. The molecule has 8 nitrogen and oxygen atoms in total. The first-order chi connectivity index (χ1) is 14.1. The molecule has 0 aliphatic carbocycles. The van der Waals surface area contributed by atoms with Crippen LogP contribution in [0.25, 0.3) is 5.82 Å². The van der Waals surface area contributed by atoms with Crippen LogP contribution in [0.3, 0.4) is 0 Å². The summed E-state index contributed by atoms with van der Waals surface area (Å²) in [5.41, 5.74) is 0.809. The Bertz CT molecular complexity index is 1070. The van der Waals surface area contributed by atoms with Crippen LogP contribution < -0.4 is 5.32 Å². The maximum Gasteiger partial charge on any atom is 0.263 e. The van der Waals surface area contributed by atoms with Crippen molar-refractivity contribution in [3.05, 3.63) is 58.7 Å². The van der Waals surface area contributed by atoms with Gasteiger partial charge < -0.3 is 5.32 Å². The molecular formula is C18H19N5O3S3. The standard InChI is InChI=1S/C18H19N5O3S3/c24-18(20-13-14-2-3-16(19-12-14)23-6-1-5-21-23)17-15(4-9-28-17)29(25,26)22-7-10-27-11-8-22/h1-6,9,12H,7-8,10-11,13H2,(H,20,24). The second kappa shape index (κ2) is 8.66. The Kier molecular flexibility index (Phi) is 5.99. The monoisotopic (exact) mass is 449 g/mol. The topological polar surface area (TPSA) is 97.2 Å². The Hall–Kier alpha value is -2.21. The molecule has 152 valence electrons. The van der Waals surface area contributed by atoms with Crippen molar-refractivity contribution in [2.75, 3.05) is 24.6 Å². The molecule has 4 heterocycles. The summed E-state index contributed by atoms with van der Waals surface area (Å²) in [6.07, 6.45) is 5.13. The Morgan fingerprint density at radius 2 is 2.03 bits per heavy atom. The molecule has 0 spiro atoms. The number of rotatable bonds is 6. The van der Waals surface area contributed by atoms with Gasteiger partial charge in [0.25, 0.3) is 5.91 Å². The minimum Gasteiger partial charge on any atom is -0.347 e. The summed E-state index contributed by atoms with van der Waals surface area (Å²) in [5, 5.41) is 8.55. The van der Waals surface area contributed by atoms with Gasteiger partial charge in [-0.1, -0.05) is 6.07 Å². The first-order valence-electron chi connectivity index (χ1n) is 8.94. The van der Waals surface area contributed by atoms with E-state index in [2.05, 4.69) is 15.4 Å². The van der Waals surface area contributed by atoms with Crippen LogP contribution in [-0.2, 0) is 16.6 Å². The number of pyridine rings is 1. The van der Waals surface area contributed by atoms with E-state index in [1.54, 1.807) is 40.4 Å². The predicted molar refractivity (Wildman–Crippen MR) is 113 cm³/mol. The van der Waals surface area contributed by atoms with E-state index in [4.69, 9.17) is 0 Å². The largest absolute Gasteiger partial charge is 0.347 e. The molecule has 4 rings (SSSR count). The second-order valence-corrected chi connectivity index (χ2v) is 10.3. The number of amides is 1. The molecule has 0 radical (unpaired) electrons. The highest BCUT2D eigenvalue weighted by atomic mass is 32.2. The van der Waals surface area contributed by atoms with Gasteiger partial charge in [-0.15, -0.1) is 11.3 Å². The van der Waals surface area contributed by atoms with Crippen LogP contribution >= 0.6 is 23.1 Å². The number of carbonyl (C=O) groups is 1. The van der Waals surface area contributed by atoms with Gasteiger partial charge in [0, 0.05) is 49.7 Å². The smallest absolute Gasteiger partial charge is 0.263 e. The van der Waals surface area contributed by atoms with E-state index in [1.807, 2.05) is 18.2 Å². The molecular weight excluding hydrogens is 430 g/mol. The van der Waals surface area contributed by atoms with E-state index in [1.165, 1.54) is 10.4 Å². The minimum atomic E-state index is -3.66. The van der Waals surface area contributed by atoms with E-state index in [0.29, 0.717) is 18.9 Å². The van der Waals surface area contributed by atoms with Crippen LogP contribution in [0, 0.1) is 0 Å². The predicted octanol–water partition coefficient (Wildman–Crippen LogP) is 2.00. The van der Waals surface area contributed by atoms with Gasteiger partial charge in [-0.2, -0.15) is 21.2 Å². The summed E-state index contributed by atoms with van der Waals surface area (Å²) in [4.78, 5) is 17.3. The number of hydrogen-bond donors (Lipinski definition) is 1. The van der Waals surface area contributed by atoms with Gasteiger partial charge >= 0.3 is 0 Å². The first kappa shape index (κ1) is 20.1. The minimum absolute atomic E-state index is 0.0825. The number of thiophene rings is 1. The number of sulfonamides is 1. The summed E-state index contributed by atoms with van der Waals surface area (Å²) in [6, 6.07) is 6.98. The highest BCUT2D eigenvalue weighted by Gasteiger charge is 2.31. The van der Waals surface area contributed by atoms with E-state index in [0.717, 1.165) is 28.4 Å². The van der Waals surface area contributed by atoms with E-state index < -0.39 is 15.9 Å². The third-order valence-corrected chi connectivity index (χ3v) is 8.35. The van der Waals surface area contributed by atoms with Gasteiger partial charge in [0.2, 0.25) is 10.0 Å². The van der Waals surface area contributed by atoms with Crippen LogP contribution in [0.1, 0.15) is 15.2 Å². The third kappa shape index (κ3) is 4.37. The van der Waals surface area contributed by atoms with E-state index in [-0.39, 0.29) is 16.3 Å². The fourth-order valence-electron chi connectivity index (χ4n) is 2.92. The zero-order chi connectivity index (χ0) is 20.3. The maximum absolute atomic E-state index is 12.9. The van der Waals surface area contributed by atoms with Crippen molar-refractivity contribution in [2.24, 2.45) is 0 Å². The summed E-state index contributed by atoms with van der Waals surface area (Å²) in [7, 11) is -3.66. The fourth-order valence-corrected chi connectivity index (χ4v) is 6.81. The lowest BCUT2D eigenvalue weighted by molar-refractivity contribution is 0.0952. The van der Waals surface area contributed by atoms with Crippen molar-refractivity contribution in [1.82, 2.24) is 24.4 Å². The fraction of sp³-hybridized carbons (Fsp3) is 0.278. The molecule has 1 fully saturated rings. The average Bonchev–Trinajstić information content (AvgIpc) is 3.45. The number of nitrogens with one attached hydrogen (secondary N) is 1. The molecule has 1 amide bonds. The van der Waals surface area contributed by atoms with Crippen LogP contribution in [0.2, 0.25) is 0 Å². The summed E-state index contributed by atoms with van der Waals surface area (Å²) < 4.78 is 28.9. The van der Waals surface area contributed by atoms with Gasteiger partial charge in [-0.3, -0.25) is 4.79 Å². The van der Waals surface area contributed by atoms with Crippen molar-refractivity contribution in [3.8, 4) is 5.82 Å². The Morgan fingerprint density at radius 1 is 1.21 bits per heavy atom. The molecule has 11 heteroatoms. The molecule has 0 aromatic carbocycles. The van der Waals surface area contributed by atoms with Gasteiger partial charge in [0.1, 0.15) is 9.77 Å². The lowest BCUT2D eigenvalue weighted by Gasteiger charge is -2.25.